The van der Waals surface area contributed by atoms with Gasteiger partial charge < -0.3 is 39.4 Å². The van der Waals surface area contributed by atoms with E-state index < -0.39 is 47.5 Å². The highest BCUT2D eigenvalue weighted by molar-refractivity contribution is 6.09. The van der Waals surface area contributed by atoms with E-state index in [9.17, 15) is 28.8 Å². The number of alkyl carbamates (subject to hydrolysis) is 1. The highest BCUT2D eigenvalue weighted by Gasteiger charge is 2.38. The second-order valence-electron chi connectivity index (χ2n) is 17.2. The third kappa shape index (κ3) is 10.5. The zero-order chi connectivity index (χ0) is 47.1. The van der Waals surface area contributed by atoms with E-state index in [0.29, 0.717) is 39.0 Å². The average molecular weight is 898 g/mol. The smallest absolute Gasteiger partial charge is 0.407 e. The Labute approximate surface area is 383 Å². The summed E-state index contributed by atoms with van der Waals surface area (Å²) in [7, 11) is 2.82. The highest BCUT2D eigenvalue weighted by atomic mass is 16.6. The SMILES string of the molecule is COC(=O)c1ccc2c(CN3C(=O)[C@@H](NC(=O)[C@H](C)NCC(=O)OC(C)(C)C)CN(C(=O)CCCNC(=O)OCC4c5ccccc5-c5ccccc54)c4ccccc43)c(OC)ccc2c1. The largest absolute Gasteiger partial charge is 0.496 e. The van der Waals surface area contributed by atoms with Gasteiger partial charge in [-0.15, -0.1) is 0 Å². The van der Waals surface area contributed by atoms with Crippen LogP contribution in [0, 0.1) is 0 Å². The normalized spacial score (nSPS) is 14.9. The van der Waals surface area contributed by atoms with Gasteiger partial charge in [0.05, 0.1) is 56.8 Å². The van der Waals surface area contributed by atoms with Crippen LogP contribution in [0.15, 0.2) is 103 Å². The summed E-state index contributed by atoms with van der Waals surface area (Å²) in [5.41, 5.74) is 5.51. The van der Waals surface area contributed by atoms with Crippen molar-refractivity contribution in [3.05, 3.63) is 125 Å². The molecule has 4 amide bonds. The van der Waals surface area contributed by atoms with E-state index >= 15 is 0 Å². The summed E-state index contributed by atoms with van der Waals surface area (Å²) in [6.07, 6.45) is -0.364. The number of hydrogen-bond acceptors (Lipinski definition) is 11. The topological polar surface area (TPSA) is 182 Å². The lowest BCUT2D eigenvalue weighted by atomic mass is 9.98. The molecule has 0 saturated heterocycles. The molecule has 0 fully saturated rings. The molecule has 0 aromatic heterocycles. The third-order valence-corrected chi connectivity index (χ3v) is 11.6. The first-order valence-electron chi connectivity index (χ1n) is 21.9. The Morgan fingerprint density at radius 1 is 0.833 bits per heavy atom. The number of carbonyl (C=O) groups excluding carboxylic acids is 6. The molecular formula is C51H55N5O10. The Morgan fingerprint density at radius 3 is 2.17 bits per heavy atom. The van der Waals surface area contributed by atoms with Gasteiger partial charge in [0.1, 0.15) is 24.0 Å². The molecule has 15 heteroatoms. The van der Waals surface area contributed by atoms with Crippen molar-refractivity contribution >= 4 is 57.9 Å². The number of carbonyl (C=O) groups is 6. The van der Waals surface area contributed by atoms with Crippen LogP contribution in [0.1, 0.15) is 73.5 Å². The number of esters is 2. The van der Waals surface area contributed by atoms with Gasteiger partial charge in [-0.05, 0) is 97.5 Å². The zero-order valence-corrected chi connectivity index (χ0v) is 38.0. The molecule has 1 heterocycles. The summed E-state index contributed by atoms with van der Waals surface area (Å²) in [5, 5.41) is 9.89. The van der Waals surface area contributed by atoms with Crippen molar-refractivity contribution in [2.24, 2.45) is 0 Å². The molecule has 0 saturated carbocycles. The summed E-state index contributed by atoms with van der Waals surface area (Å²) in [4.78, 5) is 83.9. The van der Waals surface area contributed by atoms with Gasteiger partial charge >= 0.3 is 18.0 Å². The number of nitrogens with zero attached hydrogens (tertiary/aromatic N) is 2. The van der Waals surface area contributed by atoms with Crippen LogP contribution in [0.5, 0.6) is 5.75 Å². The number of anilines is 2. The van der Waals surface area contributed by atoms with E-state index in [0.717, 1.165) is 22.3 Å². The maximum absolute atomic E-state index is 14.9. The number of hydrogen-bond donors (Lipinski definition) is 3. The number of para-hydroxylation sites is 2. The van der Waals surface area contributed by atoms with E-state index in [1.54, 1.807) is 82.3 Å². The Hall–Kier alpha value is -7.26. The lowest BCUT2D eigenvalue weighted by molar-refractivity contribution is -0.153. The predicted octanol–water partition coefficient (Wildman–Crippen LogP) is 6.64. The van der Waals surface area contributed by atoms with Gasteiger partial charge in [-0.25, -0.2) is 9.59 Å². The van der Waals surface area contributed by atoms with Crippen molar-refractivity contribution in [3.8, 4) is 16.9 Å². The number of ether oxygens (including phenoxy) is 4. The van der Waals surface area contributed by atoms with Crippen LogP contribution in [0.25, 0.3) is 21.9 Å². The quantitative estimate of drug-likeness (QED) is 0.0583. The first kappa shape index (κ1) is 46.7. The van der Waals surface area contributed by atoms with Crippen molar-refractivity contribution in [1.82, 2.24) is 16.0 Å². The van der Waals surface area contributed by atoms with E-state index in [1.807, 2.05) is 36.4 Å². The standard InChI is InChI=1S/C51H55N5O10/c1-31(53-27-46(58)66-51(2,3)4)47(59)54-41-29-55(45(57)20-13-25-52-50(62)65-30-40-37-16-9-7-14-35(37)36-15-8-10-17-38(36)40)42-18-11-12-19-43(42)56(48(41)60)28-39-34-23-21-33(49(61)64-6)26-32(34)22-24-44(39)63-5/h7-12,14-19,21-24,26,31,40-41,53H,13,20,25,27-30H2,1-6H3,(H,52,62)(H,54,59)/t31-,41-/m0/s1. The summed E-state index contributed by atoms with van der Waals surface area (Å²) in [5.74, 6) is -2.12. The molecule has 0 unspecified atom stereocenters. The lowest BCUT2D eigenvalue weighted by Gasteiger charge is -2.27. The number of nitrogens with one attached hydrogen (secondary N) is 3. The summed E-state index contributed by atoms with van der Waals surface area (Å²) >= 11 is 0. The highest BCUT2D eigenvalue weighted by Crippen LogP contribution is 2.44. The Balaban J connectivity index is 1.09. The molecule has 0 spiro atoms. The number of benzene rings is 5. The summed E-state index contributed by atoms with van der Waals surface area (Å²) in [6, 6.07) is 29.6. The molecule has 15 nitrogen and oxygen atoms in total. The second-order valence-corrected chi connectivity index (χ2v) is 17.2. The number of rotatable bonds is 15. The molecule has 2 atom stereocenters. The third-order valence-electron chi connectivity index (χ3n) is 11.6. The van der Waals surface area contributed by atoms with Crippen LogP contribution in [0.3, 0.4) is 0 Å². The van der Waals surface area contributed by atoms with Crippen LogP contribution < -0.4 is 30.5 Å². The molecule has 344 valence electrons. The van der Waals surface area contributed by atoms with Crippen LogP contribution in [-0.2, 0) is 39.9 Å². The molecule has 0 radical (unpaired) electrons. The average Bonchev–Trinajstić information content (AvgIpc) is 3.58. The fourth-order valence-electron chi connectivity index (χ4n) is 8.44. The van der Waals surface area contributed by atoms with E-state index in [-0.39, 0.29) is 57.5 Å². The van der Waals surface area contributed by atoms with Crippen molar-refractivity contribution in [1.29, 1.82) is 0 Å². The molecule has 1 aliphatic carbocycles. The minimum atomic E-state index is -1.24. The monoisotopic (exact) mass is 897 g/mol. The van der Waals surface area contributed by atoms with Crippen molar-refractivity contribution in [2.75, 3.05) is 50.3 Å². The van der Waals surface area contributed by atoms with Gasteiger partial charge in [-0.3, -0.25) is 24.5 Å². The van der Waals surface area contributed by atoms with Gasteiger partial charge in [-0.1, -0.05) is 72.8 Å². The minimum Gasteiger partial charge on any atom is -0.496 e. The molecule has 3 N–H and O–H groups in total. The molecule has 5 aromatic rings. The van der Waals surface area contributed by atoms with Gasteiger partial charge in [0.25, 0.3) is 5.91 Å². The van der Waals surface area contributed by atoms with Crippen molar-refractivity contribution in [2.45, 2.75) is 70.7 Å². The van der Waals surface area contributed by atoms with E-state index in [1.165, 1.54) is 24.0 Å². The molecular weight excluding hydrogens is 843 g/mol. The molecule has 5 aromatic carbocycles. The minimum absolute atomic E-state index is 0.0135. The lowest BCUT2D eigenvalue weighted by Crippen LogP contribution is -2.56. The Kier molecular flexibility index (Phi) is 14.4. The first-order chi connectivity index (χ1) is 31.7. The summed E-state index contributed by atoms with van der Waals surface area (Å²) in [6.45, 7) is 6.55. The Morgan fingerprint density at radius 2 is 1.50 bits per heavy atom. The van der Waals surface area contributed by atoms with Crippen LogP contribution >= 0.6 is 0 Å². The van der Waals surface area contributed by atoms with Crippen molar-refractivity contribution in [3.63, 3.8) is 0 Å². The maximum atomic E-state index is 14.9. The van der Waals surface area contributed by atoms with Crippen molar-refractivity contribution < 1.29 is 47.7 Å². The predicted molar refractivity (Wildman–Crippen MR) is 249 cm³/mol. The van der Waals surface area contributed by atoms with Crippen LogP contribution in [-0.4, -0.2) is 93.9 Å². The van der Waals surface area contributed by atoms with Crippen LogP contribution in [0.2, 0.25) is 0 Å². The zero-order valence-electron chi connectivity index (χ0n) is 38.0. The van der Waals surface area contributed by atoms with Gasteiger partial charge in [0.15, 0.2) is 0 Å². The number of amides is 4. The fourth-order valence-corrected chi connectivity index (χ4v) is 8.44. The van der Waals surface area contributed by atoms with Crippen LogP contribution in [0.4, 0.5) is 16.2 Å². The fraction of sp³-hybridized carbons (Fsp3) is 0.333. The first-order valence-corrected chi connectivity index (χ1v) is 21.9. The molecule has 7 rings (SSSR count). The number of methoxy groups -OCH3 is 2. The molecule has 2 aliphatic rings. The van der Waals surface area contributed by atoms with E-state index in [2.05, 4.69) is 28.1 Å². The van der Waals surface area contributed by atoms with E-state index in [4.69, 9.17) is 18.9 Å². The molecule has 66 heavy (non-hydrogen) atoms. The maximum Gasteiger partial charge on any atom is 0.407 e. The van der Waals surface area contributed by atoms with Gasteiger partial charge in [0, 0.05) is 24.4 Å². The van der Waals surface area contributed by atoms with Gasteiger partial charge in [-0.2, -0.15) is 0 Å². The summed E-state index contributed by atoms with van der Waals surface area (Å²) < 4.78 is 21.8. The number of fused-ring (bicyclic) bond motifs is 5. The molecule has 1 aliphatic heterocycles. The Bertz CT molecular complexity index is 2610. The van der Waals surface area contributed by atoms with Gasteiger partial charge in [0.2, 0.25) is 11.8 Å². The molecule has 0 bridgehead atoms. The second kappa shape index (κ2) is 20.3.